The van der Waals surface area contributed by atoms with Gasteiger partial charge in [0, 0.05) is 29.7 Å². The Morgan fingerprint density at radius 3 is 2.62 bits per heavy atom. The molecule has 1 fully saturated rings. The van der Waals surface area contributed by atoms with Crippen LogP contribution in [0.3, 0.4) is 0 Å². The number of halogens is 2. The molecule has 0 atom stereocenters. The molecule has 1 aliphatic rings. The summed E-state index contributed by atoms with van der Waals surface area (Å²) >= 11 is 3.21. The van der Waals surface area contributed by atoms with Crippen LogP contribution in [0.2, 0.25) is 0 Å². The SMILES string of the molecule is Cl.NC(=O)c1cc(Br)cc(S(=O)(=O)N2CCCNCC2)c1. The largest absolute Gasteiger partial charge is 0.366 e. The maximum absolute atomic E-state index is 12.6. The first-order valence-electron chi connectivity index (χ1n) is 6.22. The van der Waals surface area contributed by atoms with E-state index in [4.69, 9.17) is 5.73 Å². The normalized spacial score (nSPS) is 16.8. The van der Waals surface area contributed by atoms with E-state index >= 15 is 0 Å². The van der Waals surface area contributed by atoms with Gasteiger partial charge in [-0.3, -0.25) is 4.79 Å². The van der Waals surface area contributed by atoms with Gasteiger partial charge >= 0.3 is 0 Å². The van der Waals surface area contributed by atoms with Crippen molar-refractivity contribution in [2.24, 2.45) is 5.73 Å². The highest BCUT2D eigenvalue weighted by Gasteiger charge is 2.26. The van der Waals surface area contributed by atoms with Crippen molar-refractivity contribution in [1.29, 1.82) is 0 Å². The average Bonchev–Trinajstić information content (AvgIpc) is 2.67. The van der Waals surface area contributed by atoms with E-state index in [1.807, 2.05) is 0 Å². The number of rotatable bonds is 3. The molecule has 1 aliphatic heterocycles. The molecule has 1 saturated heterocycles. The van der Waals surface area contributed by atoms with Gasteiger partial charge in [0.1, 0.15) is 0 Å². The standard InChI is InChI=1S/C12H16BrN3O3S.ClH/c13-10-6-9(12(14)17)7-11(8-10)20(18,19)16-4-1-2-15-3-5-16;/h6-8,15H,1-5H2,(H2,14,17);1H. The summed E-state index contributed by atoms with van der Waals surface area (Å²) < 4.78 is 27.1. The Balaban J connectivity index is 0.00000220. The molecular formula is C12H17BrClN3O3S. The van der Waals surface area contributed by atoms with Crippen molar-refractivity contribution in [3.05, 3.63) is 28.2 Å². The second-order valence-corrected chi connectivity index (χ2v) is 7.40. The van der Waals surface area contributed by atoms with Crippen LogP contribution >= 0.6 is 28.3 Å². The Bertz CT molecular complexity index is 616. The highest BCUT2D eigenvalue weighted by Crippen LogP contribution is 2.23. The molecule has 1 aromatic rings. The van der Waals surface area contributed by atoms with Crippen LogP contribution in [0.25, 0.3) is 0 Å². The summed E-state index contributed by atoms with van der Waals surface area (Å²) in [6.07, 6.45) is 0.760. The highest BCUT2D eigenvalue weighted by atomic mass is 79.9. The van der Waals surface area contributed by atoms with E-state index in [1.54, 1.807) is 0 Å². The number of amides is 1. The van der Waals surface area contributed by atoms with Gasteiger partial charge in [-0.2, -0.15) is 4.31 Å². The lowest BCUT2D eigenvalue weighted by Crippen LogP contribution is -2.34. The minimum atomic E-state index is -3.61. The van der Waals surface area contributed by atoms with Crippen molar-refractivity contribution < 1.29 is 13.2 Å². The van der Waals surface area contributed by atoms with E-state index in [-0.39, 0.29) is 22.9 Å². The Labute approximate surface area is 138 Å². The number of nitrogens with zero attached hydrogens (tertiary/aromatic N) is 1. The lowest BCUT2D eigenvalue weighted by Gasteiger charge is -2.20. The molecule has 0 aromatic heterocycles. The second kappa shape index (κ2) is 7.55. The summed E-state index contributed by atoms with van der Waals surface area (Å²) in [7, 11) is -3.61. The van der Waals surface area contributed by atoms with Crippen LogP contribution in [0.5, 0.6) is 0 Å². The van der Waals surface area contributed by atoms with E-state index < -0.39 is 15.9 Å². The maximum Gasteiger partial charge on any atom is 0.248 e. The third-order valence-electron chi connectivity index (χ3n) is 3.09. The molecule has 1 heterocycles. The van der Waals surface area contributed by atoms with Crippen LogP contribution in [-0.4, -0.2) is 44.8 Å². The Morgan fingerprint density at radius 1 is 1.24 bits per heavy atom. The van der Waals surface area contributed by atoms with Crippen LogP contribution in [-0.2, 0) is 10.0 Å². The van der Waals surface area contributed by atoms with E-state index in [1.165, 1.54) is 22.5 Å². The lowest BCUT2D eigenvalue weighted by molar-refractivity contribution is 0.1000. The molecule has 6 nitrogen and oxygen atoms in total. The fourth-order valence-corrected chi connectivity index (χ4v) is 4.26. The van der Waals surface area contributed by atoms with E-state index in [2.05, 4.69) is 21.2 Å². The van der Waals surface area contributed by atoms with Crippen molar-refractivity contribution in [2.45, 2.75) is 11.3 Å². The number of benzene rings is 1. The first-order chi connectivity index (χ1) is 9.41. The molecule has 0 bridgehead atoms. The number of nitrogens with one attached hydrogen (secondary N) is 1. The molecule has 3 N–H and O–H groups in total. The Kier molecular flexibility index (Phi) is 6.61. The molecule has 1 amide bonds. The minimum absolute atomic E-state index is 0. The molecule has 0 radical (unpaired) electrons. The fraction of sp³-hybridized carbons (Fsp3) is 0.417. The predicted molar refractivity (Wildman–Crippen MR) is 86.2 cm³/mol. The molecule has 0 unspecified atom stereocenters. The van der Waals surface area contributed by atoms with Crippen LogP contribution in [0, 0.1) is 0 Å². The molecule has 2 rings (SSSR count). The van der Waals surface area contributed by atoms with Gasteiger partial charge in [0.05, 0.1) is 4.90 Å². The van der Waals surface area contributed by atoms with Crippen molar-refractivity contribution in [2.75, 3.05) is 26.2 Å². The van der Waals surface area contributed by atoms with Gasteiger partial charge in [-0.1, -0.05) is 15.9 Å². The summed E-state index contributed by atoms with van der Waals surface area (Å²) in [6.45, 7) is 2.31. The van der Waals surface area contributed by atoms with Crippen molar-refractivity contribution >= 4 is 44.3 Å². The molecular weight excluding hydrogens is 382 g/mol. The average molecular weight is 399 g/mol. The molecule has 118 valence electrons. The van der Waals surface area contributed by atoms with Crippen molar-refractivity contribution in [1.82, 2.24) is 9.62 Å². The first kappa shape index (κ1) is 18.4. The number of nitrogens with two attached hydrogens (primary N) is 1. The maximum atomic E-state index is 12.6. The summed E-state index contributed by atoms with van der Waals surface area (Å²) in [6, 6.07) is 4.31. The van der Waals surface area contributed by atoms with Gasteiger partial charge in [-0.05, 0) is 31.2 Å². The zero-order chi connectivity index (χ0) is 14.8. The highest BCUT2D eigenvalue weighted by molar-refractivity contribution is 9.10. The molecule has 21 heavy (non-hydrogen) atoms. The number of carbonyl (C=O) groups excluding carboxylic acids is 1. The summed E-state index contributed by atoms with van der Waals surface area (Å²) in [5.74, 6) is -0.653. The quantitative estimate of drug-likeness (QED) is 0.793. The number of sulfonamides is 1. The zero-order valence-corrected chi connectivity index (χ0v) is 14.4. The van der Waals surface area contributed by atoms with Gasteiger partial charge in [-0.25, -0.2) is 8.42 Å². The molecule has 0 aliphatic carbocycles. The predicted octanol–water partition coefficient (Wildman–Crippen LogP) is 0.954. The van der Waals surface area contributed by atoms with Gasteiger partial charge in [0.2, 0.25) is 15.9 Å². The molecule has 1 aromatic carbocycles. The third kappa shape index (κ3) is 4.40. The zero-order valence-electron chi connectivity index (χ0n) is 11.2. The topological polar surface area (TPSA) is 92.5 Å². The van der Waals surface area contributed by atoms with E-state index in [0.29, 0.717) is 24.1 Å². The molecule has 9 heteroatoms. The van der Waals surface area contributed by atoms with Gasteiger partial charge in [0.15, 0.2) is 0 Å². The first-order valence-corrected chi connectivity index (χ1v) is 8.46. The number of carbonyl (C=O) groups is 1. The van der Waals surface area contributed by atoms with Crippen molar-refractivity contribution in [3.8, 4) is 0 Å². The number of hydrogen-bond donors (Lipinski definition) is 2. The summed E-state index contributed by atoms with van der Waals surface area (Å²) in [4.78, 5) is 11.3. The molecule has 0 spiro atoms. The monoisotopic (exact) mass is 397 g/mol. The van der Waals surface area contributed by atoms with Crippen molar-refractivity contribution in [3.63, 3.8) is 0 Å². The second-order valence-electron chi connectivity index (χ2n) is 4.55. The number of primary amides is 1. The van der Waals surface area contributed by atoms with Crippen LogP contribution in [0.4, 0.5) is 0 Å². The minimum Gasteiger partial charge on any atom is -0.366 e. The van der Waals surface area contributed by atoms with Crippen LogP contribution in [0.1, 0.15) is 16.8 Å². The van der Waals surface area contributed by atoms with Gasteiger partial charge < -0.3 is 11.1 Å². The van der Waals surface area contributed by atoms with Crippen LogP contribution in [0.15, 0.2) is 27.6 Å². The smallest absolute Gasteiger partial charge is 0.248 e. The van der Waals surface area contributed by atoms with Gasteiger partial charge in [-0.15, -0.1) is 12.4 Å². The van der Waals surface area contributed by atoms with Gasteiger partial charge in [0.25, 0.3) is 0 Å². The Hall–Kier alpha value is -0.670. The third-order valence-corrected chi connectivity index (χ3v) is 5.43. The fourth-order valence-electron chi connectivity index (χ4n) is 2.06. The summed E-state index contributed by atoms with van der Waals surface area (Å²) in [5.41, 5.74) is 5.39. The lowest BCUT2D eigenvalue weighted by atomic mass is 10.2. The van der Waals surface area contributed by atoms with E-state index in [0.717, 1.165) is 13.0 Å². The summed E-state index contributed by atoms with van der Waals surface area (Å²) in [5, 5.41) is 3.15. The van der Waals surface area contributed by atoms with Crippen LogP contribution < -0.4 is 11.1 Å². The Morgan fingerprint density at radius 2 is 1.95 bits per heavy atom. The molecule has 0 saturated carbocycles. The number of hydrogen-bond acceptors (Lipinski definition) is 4. The van der Waals surface area contributed by atoms with E-state index in [9.17, 15) is 13.2 Å².